The molecule has 3 N–H and O–H groups in total. The van der Waals surface area contributed by atoms with E-state index < -0.39 is 0 Å². The maximum atomic E-state index is 9.90. The molecular weight excluding hydrogens is 330 g/mol. The van der Waals surface area contributed by atoms with Crippen LogP contribution in [0.1, 0.15) is 11.1 Å². The number of hydrogen-bond donors (Lipinski definition) is 3. The molecule has 4 aromatic rings. The zero-order valence-electron chi connectivity index (χ0n) is 13.6. The molecule has 0 bridgehead atoms. The van der Waals surface area contributed by atoms with Crippen molar-refractivity contribution in [3.8, 4) is 28.4 Å². The van der Waals surface area contributed by atoms with Crippen molar-refractivity contribution in [2.45, 2.75) is 0 Å². The molecule has 0 fully saturated rings. The van der Waals surface area contributed by atoms with Gasteiger partial charge >= 0.3 is 0 Å². The molecule has 5 heteroatoms. The van der Waals surface area contributed by atoms with E-state index in [1.807, 2.05) is 24.3 Å². The van der Waals surface area contributed by atoms with Crippen molar-refractivity contribution in [1.29, 1.82) is 0 Å². The van der Waals surface area contributed by atoms with Crippen LogP contribution in [0.2, 0.25) is 0 Å². The van der Waals surface area contributed by atoms with Crippen LogP contribution in [-0.2, 0) is 0 Å². The third-order valence-electron chi connectivity index (χ3n) is 4.06. The Morgan fingerprint density at radius 1 is 0.769 bits per heavy atom. The molecule has 0 radical (unpaired) electrons. The lowest BCUT2D eigenvalue weighted by molar-refractivity contribution is 0.450. The number of nitrogens with zero attached hydrogens (tertiary/aromatic N) is 1. The largest absolute Gasteiger partial charge is 0.508 e. The van der Waals surface area contributed by atoms with Crippen LogP contribution >= 0.6 is 0 Å². The normalized spacial score (nSPS) is 11.4. The van der Waals surface area contributed by atoms with Crippen LogP contribution < -0.4 is 0 Å². The lowest BCUT2D eigenvalue weighted by Gasteiger charge is -2.08. The molecule has 128 valence electrons. The van der Waals surface area contributed by atoms with Crippen LogP contribution in [0.3, 0.4) is 0 Å². The first-order valence-electron chi connectivity index (χ1n) is 7.96. The number of rotatable bonds is 3. The lowest BCUT2D eigenvalue weighted by atomic mass is 9.98. The maximum absolute atomic E-state index is 9.90. The van der Waals surface area contributed by atoms with Crippen molar-refractivity contribution in [3.63, 3.8) is 0 Å². The smallest absolute Gasteiger partial charge is 0.181 e. The quantitative estimate of drug-likeness (QED) is 0.465. The van der Waals surface area contributed by atoms with E-state index in [9.17, 15) is 15.3 Å². The highest BCUT2D eigenvalue weighted by atomic mass is 16.3. The van der Waals surface area contributed by atoms with Gasteiger partial charge in [-0.3, -0.25) is 0 Å². The van der Waals surface area contributed by atoms with E-state index in [1.54, 1.807) is 36.4 Å². The average molecular weight is 345 g/mol. The molecule has 0 aliphatic rings. The van der Waals surface area contributed by atoms with Crippen molar-refractivity contribution in [2.75, 3.05) is 0 Å². The van der Waals surface area contributed by atoms with E-state index in [4.69, 9.17) is 4.42 Å². The number of phenolic OH excluding ortho intramolecular Hbond substituents is 3. The van der Waals surface area contributed by atoms with Gasteiger partial charge in [-0.2, -0.15) is 0 Å². The summed E-state index contributed by atoms with van der Waals surface area (Å²) < 4.78 is 5.36. The van der Waals surface area contributed by atoms with E-state index in [1.165, 1.54) is 12.5 Å². The van der Waals surface area contributed by atoms with Crippen molar-refractivity contribution >= 4 is 23.3 Å². The Morgan fingerprint density at radius 3 is 2.38 bits per heavy atom. The van der Waals surface area contributed by atoms with Crippen LogP contribution in [0, 0.1) is 0 Å². The number of aromatic hydroxyl groups is 3. The highest BCUT2D eigenvalue weighted by Crippen LogP contribution is 2.31. The fourth-order valence-corrected chi connectivity index (χ4v) is 2.86. The molecule has 0 amide bonds. The summed E-state index contributed by atoms with van der Waals surface area (Å²) in [6.45, 7) is 0. The maximum Gasteiger partial charge on any atom is 0.181 e. The third-order valence-corrected chi connectivity index (χ3v) is 4.06. The highest BCUT2D eigenvalue weighted by Gasteiger charge is 2.08. The number of fused-ring (bicyclic) bond motifs is 1. The lowest BCUT2D eigenvalue weighted by Crippen LogP contribution is -1.84. The van der Waals surface area contributed by atoms with Gasteiger partial charge in [0.1, 0.15) is 22.8 Å². The summed E-state index contributed by atoms with van der Waals surface area (Å²) in [6.07, 6.45) is 5.03. The minimum absolute atomic E-state index is 0.00801. The first kappa shape index (κ1) is 15.8. The van der Waals surface area contributed by atoms with Gasteiger partial charge in [0.2, 0.25) is 0 Å². The summed E-state index contributed by atoms with van der Waals surface area (Å²) in [5.41, 5.74) is 4.66. The Labute approximate surface area is 149 Å². The van der Waals surface area contributed by atoms with Gasteiger partial charge in [0.15, 0.2) is 12.0 Å². The minimum Gasteiger partial charge on any atom is -0.508 e. The standard InChI is InChI=1S/C21H15NO4/c23-16-5-3-14(2-1-13-7-17(24)10-18(25)8-13)19(11-16)15-4-6-20-21(9-15)26-12-22-20/h1-12,23-25H/b2-1+. The minimum atomic E-state index is -0.00801. The Morgan fingerprint density at radius 2 is 1.58 bits per heavy atom. The fourth-order valence-electron chi connectivity index (χ4n) is 2.86. The Balaban J connectivity index is 1.78. The number of benzene rings is 3. The van der Waals surface area contributed by atoms with Gasteiger partial charge in [0, 0.05) is 6.07 Å². The molecule has 0 aliphatic heterocycles. The van der Waals surface area contributed by atoms with Gasteiger partial charge in [-0.05, 0) is 58.7 Å². The monoisotopic (exact) mass is 345 g/mol. The molecule has 0 saturated carbocycles. The summed E-state index contributed by atoms with van der Waals surface area (Å²) in [4.78, 5) is 4.11. The summed E-state index contributed by atoms with van der Waals surface area (Å²) in [5, 5.41) is 29.1. The topological polar surface area (TPSA) is 86.7 Å². The van der Waals surface area contributed by atoms with Crippen LogP contribution in [-0.4, -0.2) is 20.3 Å². The Bertz CT molecular complexity index is 1110. The molecule has 4 rings (SSSR count). The second kappa shape index (κ2) is 6.29. The van der Waals surface area contributed by atoms with Crippen LogP contribution in [0.25, 0.3) is 34.4 Å². The Kier molecular flexibility index (Phi) is 3.82. The Hall–Kier alpha value is -3.73. The SMILES string of the molecule is Oc1cc(O)cc(/C=C/c2ccc(O)cc2-c2ccc3ncoc3c2)c1. The summed E-state index contributed by atoms with van der Waals surface area (Å²) in [7, 11) is 0. The summed E-state index contributed by atoms with van der Waals surface area (Å²) in [6, 6.07) is 15.1. The van der Waals surface area contributed by atoms with E-state index in [-0.39, 0.29) is 17.2 Å². The van der Waals surface area contributed by atoms with Crippen LogP contribution in [0.15, 0.2) is 65.4 Å². The fraction of sp³-hybridized carbons (Fsp3) is 0. The molecule has 0 unspecified atom stereocenters. The van der Waals surface area contributed by atoms with Crippen LogP contribution in [0.5, 0.6) is 17.2 Å². The molecule has 1 aromatic heterocycles. The van der Waals surface area contributed by atoms with Crippen molar-refractivity contribution in [1.82, 2.24) is 4.98 Å². The van der Waals surface area contributed by atoms with E-state index in [0.29, 0.717) is 11.1 Å². The molecule has 0 spiro atoms. The highest BCUT2D eigenvalue weighted by molar-refractivity contribution is 5.86. The van der Waals surface area contributed by atoms with Gasteiger partial charge in [0.25, 0.3) is 0 Å². The first-order valence-corrected chi connectivity index (χ1v) is 7.96. The zero-order chi connectivity index (χ0) is 18.1. The summed E-state index contributed by atoms with van der Waals surface area (Å²) >= 11 is 0. The van der Waals surface area contributed by atoms with Crippen LogP contribution in [0.4, 0.5) is 0 Å². The van der Waals surface area contributed by atoms with Gasteiger partial charge in [0.05, 0.1) is 0 Å². The molecule has 0 aliphatic carbocycles. The van der Waals surface area contributed by atoms with E-state index >= 15 is 0 Å². The predicted octanol–water partition coefficient (Wildman–Crippen LogP) is 4.78. The molecule has 26 heavy (non-hydrogen) atoms. The van der Waals surface area contributed by atoms with Gasteiger partial charge in [-0.25, -0.2) is 4.98 Å². The molecule has 3 aromatic carbocycles. The second-order valence-electron chi connectivity index (χ2n) is 5.92. The van der Waals surface area contributed by atoms with Gasteiger partial charge < -0.3 is 19.7 Å². The van der Waals surface area contributed by atoms with Crippen molar-refractivity contribution in [2.24, 2.45) is 0 Å². The number of aromatic nitrogens is 1. The van der Waals surface area contributed by atoms with Crippen molar-refractivity contribution < 1.29 is 19.7 Å². The second-order valence-corrected chi connectivity index (χ2v) is 5.92. The van der Waals surface area contributed by atoms with Crippen molar-refractivity contribution in [3.05, 3.63) is 72.1 Å². The molecular formula is C21H15NO4. The van der Waals surface area contributed by atoms with Gasteiger partial charge in [-0.1, -0.05) is 24.3 Å². The number of hydrogen-bond acceptors (Lipinski definition) is 5. The zero-order valence-corrected chi connectivity index (χ0v) is 13.6. The molecule has 1 heterocycles. The third kappa shape index (κ3) is 3.10. The molecule has 0 saturated heterocycles. The summed E-state index contributed by atoms with van der Waals surface area (Å²) in [5.74, 6) is 0.141. The van der Waals surface area contributed by atoms with Gasteiger partial charge in [-0.15, -0.1) is 0 Å². The number of oxazole rings is 1. The number of phenols is 3. The van der Waals surface area contributed by atoms with E-state index in [0.717, 1.165) is 22.2 Å². The first-order chi connectivity index (χ1) is 12.6. The molecule has 0 atom stereocenters. The van der Waals surface area contributed by atoms with E-state index in [2.05, 4.69) is 4.98 Å². The predicted molar refractivity (Wildman–Crippen MR) is 99.8 cm³/mol. The average Bonchev–Trinajstić information content (AvgIpc) is 3.07. The molecule has 5 nitrogen and oxygen atoms in total.